The van der Waals surface area contributed by atoms with Gasteiger partial charge in [-0.3, -0.25) is 15.2 Å². The van der Waals surface area contributed by atoms with Crippen LogP contribution in [-0.2, 0) is 0 Å². The second-order valence-electron chi connectivity index (χ2n) is 6.45. The summed E-state index contributed by atoms with van der Waals surface area (Å²) < 4.78 is 6.26. The molecule has 30 heavy (non-hydrogen) atoms. The van der Waals surface area contributed by atoms with Crippen molar-refractivity contribution in [2.75, 3.05) is 0 Å². The fourth-order valence-corrected chi connectivity index (χ4v) is 3.13. The normalized spacial score (nSPS) is 16.0. The predicted molar refractivity (Wildman–Crippen MR) is 108 cm³/mol. The maximum atomic E-state index is 12.0. The molecule has 1 aliphatic heterocycles. The van der Waals surface area contributed by atoms with Gasteiger partial charge in [-0.15, -0.1) is 5.10 Å². The number of halogens is 2. The summed E-state index contributed by atoms with van der Waals surface area (Å²) in [4.78, 5) is 36.6. The van der Waals surface area contributed by atoms with E-state index in [4.69, 9.17) is 33.0 Å². The molecule has 13 heteroatoms. The molecule has 0 saturated heterocycles. The fourth-order valence-electron chi connectivity index (χ4n) is 2.57. The van der Waals surface area contributed by atoms with Gasteiger partial charge in [-0.25, -0.2) is 9.59 Å². The molecule has 4 N–H and O–H groups in total. The van der Waals surface area contributed by atoms with E-state index in [1.807, 2.05) is 18.8 Å². The number of rotatable bonds is 4. The smallest absolute Gasteiger partial charge is 0.362 e. The van der Waals surface area contributed by atoms with E-state index in [1.54, 1.807) is 6.08 Å². The molecule has 0 amide bonds. The number of benzene rings is 1. The molecule has 158 valence electrons. The first-order chi connectivity index (χ1) is 14.1. The van der Waals surface area contributed by atoms with E-state index in [0.29, 0.717) is 10.3 Å². The van der Waals surface area contributed by atoms with Crippen LogP contribution >= 0.6 is 23.2 Å². The lowest BCUT2D eigenvalue weighted by Gasteiger charge is -2.23. The first-order valence-electron chi connectivity index (χ1n) is 8.45. The van der Waals surface area contributed by atoms with Crippen molar-refractivity contribution in [3.8, 4) is 11.4 Å². The molecule has 1 aromatic carbocycles. The van der Waals surface area contributed by atoms with Gasteiger partial charge < -0.3 is 14.9 Å². The van der Waals surface area contributed by atoms with Gasteiger partial charge >= 0.3 is 11.7 Å². The molecule has 11 nitrogen and oxygen atoms in total. The van der Waals surface area contributed by atoms with Crippen molar-refractivity contribution in [3.63, 3.8) is 0 Å². The highest BCUT2D eigenvalue weighted by atomic mass is 35.5. The molecular weight excluding hydrogens is 441 g/mol. The van der Waals surface area contributed by atoms with Crippen LogP contribution in [0.1, 0.15) is 24.3 Å². The number of hydrogen-bond acceptors (Lipinski definition) is 8. The summed E-state index contributed by atoms with van der Waals surface area (Å²) in [5, 5.41) is 26.3. The molecule has 0 fully saturated rings. The van der Waals surface area contributed by atoms with Crippen molar-refractivity contribution < 1.29 is 19.7 Å². The van der Waals surface area contributed by atoms with Crippen LogP contribution in [0.25, 0.3) is 5.69 Å². The molecule has 2 heterocycles. The number of carboxylic acid groups (broad SMARTS) is 1. The van der Waals surface area contributed by atoms with Crippen LogP contribution in [0.4, 0.5) is 0 Å². The molecule has 0 bridgehead atoms. The number of carbonyl (C=O) groups is 1. The molecule has 1 unspecified atom stereocenters. The Hall–Kier alpha value is -3.15. The van der Waals surface area contributed by atoms with E-state index in [0.717, 1.165) is 0 Å². The Labute approximate surface area is 178 Å². The number of aromatic nitrogens is 3. The predicted octanol–water partition coefficient (Wildman–Crippen LogP) is 1.12. The number of aliphatic hydroxyl groups excluding tert-OH is 1. The maximum absolute atomic E-state index is 12.0. The summed E-state index contributed by atoms with van der Waals surface area (Å²) in [7, 11) is 0. The van der Waals surface area contributed by atoms with Crippen LogP contribution < -0.4 is 21.4 Å². The summed E-state index contributed by atoms with van der Waals surface area (Å²) in [6.07, 6.45) is 0.590. The Kier molecular flexibility index (Phi) is 5.97. The van der Waals surface area contributed by atoms with E-state index in [1.165, 1.54) is 12.1 Å². The molecule has 0 radical (unpaired) electrons. The van der Waals surface area contributed by atoms with E-state index in [-0.39, 0.29) is 33.3 Å². The Morgan fingerprint density at radius 3 is 2.47 bits per heavy atom. The summed E-state index contributed by atoms with van der Waals surface area (Å²) >= 11 is 12.5. The van der Waals surface area contributed by atoms with Crippen molar-refractivity contribution in [2.45, 2.75) is 20.1 Å². The van der Waals surface area contributed by atoms with Crippen LogP contribution in [0.15, 0.2) is 38.5 Å². The van der Waals surface area contributed by atoms with Crippen LogP contribution in [0.5, 0.6) is 5.75 Å². The third kappa shape index (κ3) is 4.22. The Balaban J connectivity index is 2.00. The first kappa shape index (κ1) is 21.6. The highest BCUT2D eigenvalue weighted by Gasteiger charge is 2.22. The van der Waals surface area contributed by atoms with E-state index >= 15 is 0 Å². The second-order valence-corrected chi connectivity index (χ2v) is 7.26. The van der Waals surface area contributed by atoms with E-state index < -0.39 is 29.1 Å². The molecule has 3 rings (SSSR count). The molecule has 1 aromatic heterocycles. The molecule has 0 spiro atoms. The average Bonchev–Trinajstić information content (AvgIpc) is 2.65. The zero-order chi connectivity index (χ0) is 22.2. The second kappa shape index (κ2) is 8.30. The fraction of sp³-hybridized carbons (Fsp3) is 0.235. The molecule has 1 aliphatic rings. The first-order valence-corrected chi connectivity index (χ1v) is 9.21. The lowest BCUT2D eigenvalue weighted by Crippen LogP contribution is -2.35. The van der Waals surface area contributed by atoms with Crippen molar-refractivity contribution in [3.05, 3.63) is 60.4 Å². The highest BCUT2D eigenvalue weighted by molar-refractivity contribution is 6.37. The van der Waals surface area contributed by atoms with Crippen LogP contribution in [0.2, 0.25) is 10.0 Å². The number of nitrogens with one attached hydrogen (secondary N) is 2. The van der Waals surface area contributed by atoms with Crippen LogP contribution in [0, 0.1) is 5.92 Å². The zero-order valence-corrected chi connectivity index (χ0v) is 17.0. The maximum Gasteiger partial charge on any atom is 0.362 e. The van der Waals surface area contributed by atoms with Gasteiger partial charge in [0.1, 0.15) is 0 Å². The SMILES string of the molecule is CC(C)C1=CC(Oc2c(Cl)cc(-n3nc(C(=O)O)c(=O)[nH]c3=O)cc2Cl)=NNC1O. The minimum absolute atomic E-state index is 0.00126. The van der Waals surface area contributed by atoms with Gasteiger partial charge in [-0.2, -0.15) is 9.78 Å². The Morgan fingerprint density at radius 2 is 1.90 bits per heavy atom. The molecule has 0 saturated carbocycles. The lowest BCUT2D eigenvalue weighted by molar-refractivity contribution is 0.0685. The summed E-state index contributed by atoms with van der Waals surface area (Å²) in [5.74, 6) is -1.50. The van der Waals surface area contributed by atoms with Crippen molar-refractivity contribution in [1.29, 1.82) is 0 Å². The monoisotopic (exact) mass is 455 g/mol. The van der Waals surface area contributed by atoms with Gasteiger partial charge in [-0.05, 0) is 23.6 Å². The van der Waals surface area contributed by atoms with Crippen molar-refractivity contribution in [2.24, 2.45) is 11.0 Å². The number of nitrogens with zero attached hydrogens (tertiary/aromatic N) is 3. The Bertz CT molecular complexity index is 1180. The van der Waals surface area contributed by atoms with E-state index in [9.17, 15) is 19.5 Å². The molecule has 0 aliphatic carbocycles. The minimum atomic E-state index is -1.61. The Morgan fingerprint density at radius 1 is 1.27 bits per heavy atom. The van der Waals surface area contributed by atoms with Gasteiger partial charge in [-0.1, -0.05) is 37.0 Å². The van der Waals surface area contributed by atoms with Crippen LogP contribution in [-0.4, -0.2) is 43.1 Å². The van der Waals surface area contributed by atoms with E-state index in [2.05, 4.69) is 15.6 Å². The molecule has 1 atom stereocenters. The number of carboxylic acids is 1. The quantitative estimate of drug-likeness (QED) is 0.533. The number of H-pyrrole nitrogens is 1. The van der Waals surface area contributed by atoms with Crippen LogP contribution in [0.3, 0.4) is 0 Å². The van der Waals surface area contributed by atoms with Crippen molar-refractivity contribution in [1.82, 2.24) is 20.2 Å². The topological polar surface area (TPSA) is 159 Å². The van der Waals surface area contributed by atoms with Gasteiger partial charge in [0.2, 0.25) is 11.6 Å². The largest absolute Gasteiger partial charge is 0.476 e. The lowest BCUT2D eigenvalue weighted by atomic mass is 10.0. The number of aromatic amines is 1. The zero-order valence-electron chi connectivity index (χ0n) is 15.5. The number of hydrazone groups is 1. The van der Waals surface area contributed by atoms with Gasteiger partial charge in [0, 0.05) is 6.08 Å². The van der Waals surface area contributed by atoms with Gasteiger partial charge in [0.25, 0.3) is 5.56 Å². The van der Waals surface area contributed by atoms with Crippen molar-refractivity contribution >= 4 is 35.1 Å². The number of ether oxygens (including phenoxy) is 1. The number of aliphatic hydroxyl groups is 1. The third-order valence-corrected chi connectivity index (χ3v) is 4.60. The van der Waals surface area contributed by atoms with Gasteiger partial charge in [0.15, 0.2) is 12.0 Å². The third-order valence-electron chi connectivity index (χ3n) is 4.03. The summed E-state index contributed by atoms with van der Waals surface area (Å²) in [6.45, 7) is 3.77. The number of aromatic carboxylic acids is 1. The summed E-state index contributed by atoms with van der Waals surface area (Å²) in [6, 6.07) is 2.50. The van der Waals surface area contributed by atoms with Gasteiger partial charge in [0.05, 0.1) is 15.7 Å². The molecule has 2 aromatic rings. The standard InChI is InChI=1S/C17H15Cl2N5O6/c1-6(2)8-5-11(21-22-14(8)25)30-13-9(18)3-7(4-10(13)19)24-17(29)20-15(26)12(23-24)16(27)28/h3-6,14,22,25H,1-2H3,(H,27,28)(H,20,26,29). The number of hydrogen-bond donors (Lipinski definition) is 4. The average molecular weight is 456 g/mol. The summed E-state index contributed by atoms with van der Waals surface area (Å²) in [5.41, 5.74) is 0.139. The molecular formula is C17H15Cl2N5O6. The highest BCUT2D eigenvalue weighted by Crippen LogP contribution is 2.35. The minimum Gasteiger partial charge on any atom is -0.476 e.